The molecule has 0 heterocycles. The number of ketones is 1. The zero-order chi connectivity index (χ0) is 12.9. The molecule has 0 saturated heterocycles. The molecule has 0 fully saturated rings. The van der Waals surface area contributed by atoms with Gasteiger partial charge in [0.15, 0.2) is 5.78 Å². The molecule has 3 atom stereocenters. The Balaban J connectivity index is 4.74. The predicted molar refractivity (Wildman–Crippen MR) is 64.0 cm³/mol. The Hall–Kier alpha value is -0.960. The third kappa shape index (κ3) is 3.56. The van der Waals surface area contributed by atoms with Crippen molar-refractivity contribution in [2.75, 3.05) is 0 Å². The summed E-state index contributed by atoms with van der Waals surface area (Å²) in [6.07, 6.45) is 3.58. The molecule has 16 heavy (non-hydrogen) atoms. The lowest BCUT2D eigenvalue weighted by Gasteiger charge is -2.26. The monoisotopic (exact) mass is 226 g/mol. The summed E-state index contributed by atoms with van der Waals surface area (Å²) in [4.78, 5) is 22.7. The Labute approximate surface area is 97.5 Å². The maximum atomic E-state index is 11.9. The van der Waals surface area contributed by atoms with E-state index in [9.17, 15) is 14.7 Å². The first-order chi connectivity index (χ1) is 7.27. The summed E-state index contributed by atoms with van der Waals surface area (Å²) in [7, 11) is 0. The SMILES string of the molecule is C/C=C/[C@H](C)[C@H](O)[C@@H](C)C(=O)C(C)(C)C=O. The maximum absolute atomic E-state index is 11.9. The number of aliphatic hydroxyl groups excluding tert-OH is 1. The number of aliphatic hydroxyl groups is 1. The molecule has 3 nitrogen and oxygen atoms in total. The van der Waals surface area contributed by atoms with Crippen molar-refractivity contribution >= 4 is 12.1 Å². The van der Waals surface area contributed by atoms with Gasteiger partial charge in [0.1, 0.15) is 6.29 Å². The van der Waals surface area contributed by atoms with E-state index in [-0.39, 0.29) is 11.7 Å². The molecule has 0 aliphatic carbocycles. The molecule has 0 aromatic rings. The van der Waals surface area contributed by atoms with E-state index in [0.717, 1.165) is 0 Å². The Morgan fingerprint density at radius 2 is 1.81 bits per heavy atom. The van der Waals surface area contributed by atoms with Crippen LogP contribution in [0.2, 0.25) is 0 Å². The molecule has 0 radical (unpaired) electrons. The van der Waals surface area contributed by atoms with E-state index in [2.05, 4.69) is 0 Å². The van der Waals surface area contributed by atoms with Crippen LogP contribution < -0.4 is 0 Å². The van der Waals surface area contributed by atoms with Gasteiger partial charge in [-0.05, 0) is 20.8 Å². The van der Waals surface area contributed by atoms with Crippen molar-refractivity contribution in [1.82, 2.24) is 0 Å². The van der Waals surface area contributed by atoms with Crippen LogP contribution in [0.1, 0.15) is 34.6 Å². The summed E-state index contributed by atoms with van der Waals surface area (Å²) in [5, 5.41) is 9.96. The smallest absolute Gasteiger partial charge is 0.150 e. The Morgan fingerprint density at radius 3 is 2.19 bits per heavy atom. The maximum Gasteiger partial charge on any atom is 0.150 e. The number of aldehydes is 1. The van der Waals surface area contributed by atoms with E-state index in [1.807, 2.05) is 26.0 Å². The Kier molecular flexibility index (Phi) is 5.59. The molecule has 0 aliphatic rings. The quantitative estimate of drug-likeness (QED) is 0.428. The lowest BCUT2D eigenvalue weighted by atomic mass is 9.78. The van der Waals surface area contributed by atoms with E-state index >= 15 is 0 Å². The number of carbonyl (C=O) groups is 2. The van der Waals surface area contributed by atoms with Gasteiger partial charge in [0.25, 0.3) is 0 Å². The average Bonchev–Trinajstić information content (AvgIpc) is 2.26. The number of allylic oxidation sites excluding steroid dienone is 1. The topological polar surface area (TPSA) is 54.4 Å². The summed E-state index contributed by atoms with van der Waals surface area (Å²) >= 11 is 0. The highest BCUT2D eigenvalue weighted by atomic mass is 16.3. The van der Waals surface area contributed by atoms with E-state index in [1.165, 1.54) is 0 Å². The lowest BCUT2D eigenvalue weighted by Crippen LogP contribution is -2.39. The second kappa shape index (κ2) is 5.94. The fraction of sp³-hybridized carbons (Fsp3) is 0.692. The molecule has 0 aromatic carbocycles. The van der Waals surface area contributed by atoms with Crippen LogP contribution in [0.25, 0.3) is 0 Å². The van der Waals surface area contributed by atoms with Crippen molar-refractivity contribution < 1.29 is 14.7 Å². The first-order valence-electron chi connectivity index (χ1n) is 5.59. The first kappa shape index (κ1) is 15.0. The van der Waals surface area contributed by atoms with Crippen molar-refractivity contribution in [3.8, 4) is 0 Å². The molecular formula is C13H22O3. The number of hydrogen-bond donors (Lipinski definition) is 1. The third-order valence-corrected chi connectivity index (χ3v) is 2.89. The van der Waals surface area contributed by atoms with Crippen LogP contribution in [-0.4, -0.2) is 23.3 Å². The summed E-state index contributed by atoms with van der Waals surface area (Å²) < 4.78 is 0. The zero-order valence-corrected chi connectivity index (χ0v) is 10.7. The molecule has 3 heteroatoms. The molecular weight excluding hydrogens is 204 g/mol. The molecule has 0 bridgehead atoms. The fourth-order valence-electron chi connectivity index (χ4n) is 1.67. The van der Waals surface area contributed by atoms with Crippen LogP contribution >= 0.6 is 0 Å². The summed E-state index contributed by atoms with van der Waals surface area (Å²) in [6.45, 7) is 8.53. The van der Waals surface area contributed by atoms with E-state index in [4.69, 9.17) is 0 Å². The molecule has 0 spiro atoms. The zero-order valence-electron chi connectivity index (χ0n) is 10.7. The molecule has 1 N–H and O–H groups in total. The van der Waals surface area contributed by atoms with Gasteiger partial charge in [-0.3, -0.25) is 4.79 Å². The van der Waals surface area contributed by atoms with Gasteiger partial charge in [0, 0.05) is 11.8 Å². The van der Waals surface area contributed by atoms with Crippen LogP contribution in [0, 0.1) is 17.3 Å². The van der Waals surface area contributed by atoms with Gasteiger partial charge in [-0.25, -0.2) is 0 Å². The van der Waals surface area contributed by atoms with Gasteiger partial charge in [-0.2, -0.15) is 0 Å². The van der Waals surface area contributed by atoms with Gasteiger partial charge < -0.3 is 9.90 Å². The van der Waals surface area contributed by atoms with Crippen LogP contribution in [0.4, 0.5) is 0 Å². The summed E-state index contributed by atoms with van der Waals surface area (Å²) in [5.41, 5.74) is -1.02. The molecule has 92 valence electrons. The van der Waals surface area contributed by atoms with Gasteiger partial charge in [0.2, 0.25) is 0 Å². The van der Waals surface area contributed by atoms with Crippen LogP contribution in [-0.2, 0) is 9.59 Å². The second-order valence-electron chi connectivity index (χ2n) is 4.87. The largest absolute Gasteiger partial charge is 0.392 e. The normalized spacial score (nSPS) is 18.1. The lowest BCUT2D eigenvalue weighted by molar-refractivity contribution is -0.138. The van der Waals surface area contributed by atoms with E-state index in [1.54, 1.807) is 20.8 Å². The fourth-order valence-corrected chi connectivity index (χ4v) is 1.67. The number of Topliss-reactive ketones (excluding diaryl/α,β-unsaturated/α-hetero) is 1. The Bertz CT molecular complexity index is 279. The first-order valence-corrected chi connectivity index (χ1v) is 5.59. The Morgan fingerprint density at radius 1 is 1.31 bits per heavy atom. The molecule has 0 aliphatic heterocycles. The van der Waals surface area contributed by atoms with Gasteiger partial charge in [-0.1, -0.05) is 26.0 Å². The standard InChI is InChI=1S/C13H22O3/c1-6-7-9(2)11(15)10(3)12(16)13(4,5)8-14/h6-11,15H,1-5H3/b7-6+/t9-,10+,11-/m0/s1. The molecule has 0 unspecified atom stereocenters. The highest BCUT2D eigenvalue weighted by Crippen LogP contribution is 2.24. The van der Waals surface area contributed by atoms with Crippen molar-refractivity contribution in [1.29, 1.82) is 0 Å². The molecule has 0 saturated carbocycles. The number of hydrogen-bond acceptors (Lipinski definition) is 3. The van der Waals surface area contributed by atoms with Crippen molar-refractivity contribution in [3.05, 3.63) is 12.2 Å². The van der Waals surface area contributed by atoms with Gasteiger partial charge in [-0.15, -0.1) is 0 Å². The minimum atomic E-state index is -1.02. The van der Waals surface area contributed by atoms with Crippen LogP contribution in [0.3, 0.4) is 0 Å². The van der Waals surface area contributed by atoms with Crippen LogP contribution in [0.5, 0.6) is 0 Å². The van der Waals surface area contributed by atoms with Crippen molar-refractivity contribution in [3.63, 3.8) is 0 Å². The average molecular weight is 226 g/mol. The predicted octanol–water partition coefficient (Wildman–Crippen LogP) is 1.99. The molecule has 0 amide bonds. The highest BCUT2D eigenvalue weighted by molar-refractivity contribution is 5.98. The van der Waals surface area contributed by atoms with E-state index in [0.29, 0.717) is 6.29 Å². The van der Waals surface area contributed by atoms with Gasteiger partial charge >= 0.3 is 0 Å². The highest BCUT2D eigenvalue weighted by Gasteiger charge is 2.35. The summed E-state index contributed by atoms with van der Waals surface area (Å²) in [5.74, 6) is -0.843. The molecule has 0 rings (SSSR count). The number of rotatable bonds is 6. The van der Waals surface area contributed by atoms with Gasteiger partial charge in [0.05, 0.1) is 11.5 Å². The summed E-state index contributed by atoms with van der Waals surface area (Å²) in [6, 6.07) is 0. The van der Waals surface area contributed by atoms with Crippen LogP contribution in [0.15, 0.2) is 12.2 Å². The number of carbonyl (C=O) groups excluding carboxylic acids is 2. The van der Waals surface area contributed by atoms with Crippen molar-refractivity contribution in [2.45, 2.75) is 40.7 Å². The minimum absolute atomic E-state index is 0.0913. The van der Waals surface area contributed by atoms with Crippen molar-refractivity contribution in [2.24, 2.45) is 17.3 Å². The minimum Gasteiger partial charge on any atom is -0.392 e. The second-order valence-corrected chi connectivity index (χ2v) is 4.87. The van der Waals surface area contributed by atoms with E-state index < -0.39 is 17.4 Å². The third-order valence-electron chi connectivity index (χ3n) is 2.89. The molecule has 0 aromatic heterocycles.